The van der Waals surface area contributed by atoms with Crippen molar-refractivity contribution < 1.29 is 14.3 Å². The van der Waals surface area contributed by atoms with Crippen LogP contribution in [-0.2, 0) is 11.2 Å². The maximum Gasteiger partial charge on any atom is 0.227 e. The van der Waals surface area contributed by atoms with Crippen molar-refractivity contribution in [2.24, 2.45) is 17.6 Å². The molecule has 1 aliphatic carbocycles. The third-order valence-corrected chi connectivity index (χ3v) is 4.83. The van der Waals surface area contributed by atoms with Crippen LogP contribution < -0.4 is 20.5 Å². The van der Waals surface area contributed by atoms with Crippen molar-refractivity contribution in [1.82, 2.24) is 5.32 Å². The Hall–Kier alpha value is -1.75. The molecule has 1 aromatic rings. The van der Waals surface area contributed by atoms with Crippen LogP contribution in [0.15, 0.2) is 18.2 Å². The minimum atomic E-state index is -0.140. The Morgan fingerprint density at radius 2 is 2.32 bits per heavy atom. The fourth-order valence-corrected chi connectivity index (χ4v) is 3.48. The van der Waals surface area contributed by atoms with Gasteiger partial charge in [-0.05, 0) is 55.5 Å². The molecule has 22 heavy (non-hydrogen) atoms. The molecule has 3 unspecified atom stereocenters. The van der Waals surface area contributed by atoms with E-state index in [1.54, 1.807) is 7.11 Å². The molecule has 1 amide bonds. The molecular formula is C17H24N2O3. The van der Waals surface area contributed by atoms with Gasteiger partial charge in [-0.3, -0.25) is 4.79 Å². The van der Waals surface area contributed by atoms with Crippen molar-refractivity contribution in [3.63, 3.8) is 0 Å². The first-order valence-corrected chi connectivity index (χ1v) is 8.01. The predicted octanol–water partition coefficient (Wildman–Crippen LogP) is 1.49. The highest BCUT2D eigenvalue weighted by Gasteiger charge is 2.32. The summed E-state index contributed by atoms with van der Waals surface area (Å²) in [6.07, 6.45) is 3.99. The van der Waals surface area contributed by atoms with Crippen molar-refractivity contribution in [2.75, 3.05) is 20.3 Å². The number of amides is 1. The van der Waals surface area contributed by atoms with Crippen molar-refractivity contribution in [3.8, 4) is 11.5 Å². The van der Waals surface area contributed by atoms with Crippen molar-refractivity contribution in [1.29, 1.82) is 0 Å². The first kappa shape index (κ1) is 15.2. The number of carbonyl (C=O) groups excluding carboxylic acids is 1. The SMILES string of the molecule is COc1ccc2c(c1)CC(C(=O)NC1CCCC1CN)CO2. The van der Waals surface area contributed by atoms with Gasteiger partial charge in [0.05, 0.1) is 13.0 Å². The lowest BCUT2D eigenvalue weighted by molar-refractivity contribution is -0.127. The quantitative estimate of drug-likeness (QED) is 0.884. The Morgan fingerprint density at radius 1 is 1.45 bits per heavy atom. The molecule has 1 saturated carbocycles. The molecule has 3 N–H and O–H groups in total. The molecule has 3 atom stereocenters. The van der Waals surface area contributed by atoms with Crippen LogP contribution in [0.5, 0.6) is 11.5 Å². The third-order valence-electron chi connectivity index (χ3n) is 4.83. The first-order valence-electron chi connectivity index (χ1n) is 8.01. The van der Waals surface area contributed by atoms with Crippen LogP contribution in [0.25, 0.3) is 0 Å². The molecule has 0 spiro atoms. The molecule has 1 heterocycles. The summed E-state index contributed by atoms with van der Waals surface area (Å²) >= 11 is 0. The highest BCUT2D eigenvalue weighted by Crippen LogP contribution is 2.31. The monoisotopic (exact) mass is 304 g/mol. The second-order valence-corrected chi connectivity index (χ2v) is 6.23. The Morgan fingerprint density at radius 3 is 3.09 bits per heavy atom. The maximum absolute atomic E-state index is 12.5. The number of carbonyl (C=O) groups is 1. The zero-order chi connectivity index (χ0) is 15.5. The van der Waals surface area contributed by atoms with E-state index in [2.05, 4.69) is 5.32 Å². The van der Waals surface area contributed by atoms with Crippen LogP contribution in [0.3, 0.4) is 0 Å². The molecule has 5 nitrogen and oxygen atoms in total. The molecule has 2 aliphatic rings. The van der Waals surface area contributed by atoms with E-state index in [-0.39, 0.29) is 17.9 Å². The summed E-state index contributed by atoms with van der Waals surface area (Å²) in [6, 6.07) is 5.96. The van der Waals surface area contributed by atoms with Gasteiger partial charge in [-0.15, -0.1) is 0 Å². The molecule has 120 valence electrons. The lowest BCUT2D eigenvalue weighted by Gasteiger charge is -2.27. The van der Waals surface area contributed by atoms with Gasteiger partial charge in [0.25, 0.3) is 0 Å². The van der Waals surface area contributed by atoms with Crippen molar-refractivity contribution in [2.45, 2.75) is 31.7 Å². The minimum absolute atomic E-state index is 0.0822. The van der Waals surface area contributed by atoms with Gasteiger partial charge in [-0.25, -0.2) is 0 Å². The summed E-state index contributed by atoms with van der Waals surface area (Å²) in [5.41, 5.74) is 6.82. The molecule has 1 aliphatic heterocycles. The zero-order valence-corrected chi connectivity index (χ0v) is 13.0. The number of fused-ring (bicyclic) bond motifs is 1. The number of rotatable bonds is 4. The average Bonchev–Trinajstić information content (AvgIpc) is 3.00. The summed E-state index contributed by atoms with van der Waals surface area (Å²) < 4.78 is 11.0. The fraction of sp³-hybridized carbons (Fsp3) is 0.588. The van der Waals surface area contributed by atoms with Crippen LogP contribution in [0.1, 0.15) is 24.8 Å². The van der Waals surface area contributed by atoms with Gasteiger partial charge >= 0.3 is 0 Å². The molecule has 0 aromatic heterocycles. The summed E-state index contributed by atoms with van der Waals surface area (Å²) in [4.78, 5) is 12.5. The van der Waals surface area contributed by atoms with E-state index in [0.717, 1.165) is 36.3 Å². The maximum atomic E-state index is 12.5. The summed E-state index contributed by atoms with van der Waals surface area (Å²) in [5, 5.41) is 3.18. The van der Waals surface area contributed by atoms with E-state index >= 15 is 0 Å². The standard InChI is InChI=1S/C17H24N2O3/c1-21-14-5-6-16-12(8-14)7-13(10-22-16)17(20)19-15-4-2-3-11(15)9-18/h5-6,8,11,13,15H,2-4,7,9-10,18H2,1H3,(H,19,20). The summed E-state index contributed by atoms with van der Waals surface area (Å²) in [6.45, 7) is 1.08. The second kappa shape index (κ2) is 6.57. The molecule has 5 heteroatoms. The van der Waals surface area contributed by atoms with Crippen molar-refractivity contribution >= 4 is 5.91 Å². The van der Waals surface area contributed by atoms with Gasteiger partial charge < -0.3 is 20.5 Å². The average molecular weight is 304 g/mol. The number of ether oxygens (including phenoxy) is 2. The molecule has 1 aromatic carbocycles. The Bertz CT molecular complexity index is 547. The van der Waals surface area contributed by atoms with Crippen LogP contribution in [-0.4, -0.2) is 32.2 Å². The number of hydrogen-bond donors (Lipinski definition) is 2. The van der Waals surface area contributed by atoms with Gasteiger partial charge in [0.2, 0.25) is 5.91 Å². The largest absolute Gasteiger partial charge is 0.497 e. The fourth-order valence-electron chi connectivity index (χ4n) is 3.48. The Balaban J connectivity index is 1.64. The summed E-state index contributed by atoms with van der Waals surface area (Å²) in [7, 11) is 1.64. The number of hydrogen-bond acceptors (Lipinski definition) is 4. The van der Waals surface area contributed by atoms with E-state index in [9.17, 15) is 4.79 Å². The molecule has 1 fully saturated rings. The smallest absolute Gasteiger partial charge is 0.227 e. The Kier molecular flexibility index (Phi) is 4.52. The zero-order valence-electron chi connectivity index (χ0n) is 13.0. The normalized spacial score (nSPS) is 26.9. The van der Waals surface area contributed by atoms with Gasteiger partial charge in [0, 0.05) is 6.04 Å². The number of methoxy groups -OCH3 is 1. The van der Waals surface area contributed by atoms with Gasteiger partial charge in [-0.2, -0.15) is 0 Å². The highest BCUT2D eigenvalue weighted by atomic mass is 16.5. The molecule has 0 bridgehead atoms. The molecular weight excluding hydrogens is 280 g/mol. The van der Waals surface area contributed by atoms with E-state index in [1.165, 1.54) is 0 Å². The van der Waals surface area contributed by atoms with Gasteiger partial charge in [-0.1, -0.05) is 6.42 Å². The lowest BCUT2D eigenvalue weighted by atomic mass is 9.94. The van der Waals surface area contributed by atoms with E-state index in [0.29, 0.717) is 25.5 Å². The first-order chi connectivity index (χ1) is 10.7. The van der Waals surface area contributed by atoms with Crippen LogP contribution in [0.2, 0.25) is 0 Å². The highest BCUT2D eigenvalue weighted by molar-refractivity contribution is 5.80. The van der Waals surface area contributed by atoms with Gasteiger partial charge in [0.1, 0.15) is 18.1 Å². The van der Waals surface area contributed by atoms with Gasteiger partial charge in [0.15, 0.2) is 0 Å². The summed E-state index contributed by atoms with van der Waals surface area (Å²) in [5.74, 6) is 2.01. The molecule has 3 rings (SSSR count). The van der Waals surface area contributed by atoms with E-state index in [4.69, 9.17) is 15.2 Å². The van der Waals surface area contributed by atoms with Crippen LogP contribution >= 0.6 is 0 Å². The third kappa shape index (κ3) is 3.04. The lowest BCUT2D eigenvalue weighted by Crippen LogP contribution is -2.45. The Labute approximate surface area is 131 Å². The second-order valence-electron chi connectivity index (χ2n) is 6.23. The minimum Gasteiger partial charge on any atom is -0.497 e. The van der Waals surface area contributed by atoms with Crippen LogP contribution in [0.4, 0.5) is 0 Å². The van der Waals surface area contributed by atoms with E-state index in [1.807, 2.05) is 18.2 Å². The van der Waals surface area contributed by atoms with E-state index < -0.39 is 0 Å². The molecule has 0 saturated heterocycles. The number of benzene rings is 1. The number of nitrogens with two attached hydrogens (primary N) is 1. The van der Waals surface area contributed by atoms with Crippen LogP contribution in [0, 0.1) is 11.8 Å². The predicted molar refractivity (Wildman–Crippen MR) is 84.0 cm³/mol. The molecule has 0 radical (unpaired) electrons. The van der Waals surface area contributed by atoms with Crippen molar-refractivity contribution in [3.05, 3.63) is 23.8 Å². The topological polar surface area (TPSA) is 73.6 Å². The number of nitrogens with one attached hydrogen (secondary N) is 1.